The molecule has 0 bridgehead atoms. The van der Waals surface area contributed by atoms with Crippen LogP contribution in [-0.4, -0.2) is 42.1 Å². The second kappa shape index (κ2) is 6.70. The van der Waals surface area contributed by atoms with Crippen molar-refractivity contribution in [3.8, 4) is 5.75 Å². The summed E-state index contributed by atoms with van der Waals surface area (Å²) in [6.45, 7) is 6.24. The third-order valence-electron chi connectivity index (χ3n) is 3.05. The summed E-state index contributed by atoms with van der Waals surface area (Å²) in [4.78, 5) is 14.0. The first-order valence-corrected chi connectivity index (χ1v) is 7.73. The van der Waals surface area contributed by atoms with Crippen LogP contribution in [0.15, 0.2) is 18.2 Å². The molecule has 0 radical (unpaired) electrons. The Kier molecular flexibility index (Phi) is 4.96. The van der Waals surface area contributed by atoms with Crippen LogP contribution in [0.5, 0.6) is 5.75 Å². The van der Waals surface area contributed by atoms with Crippen molar-refractivity contribution >= 4 is 23.5 Å². The van der Waals surface area contributed by atoms with E-state index in [1.54, 1.807) is 0 Å². The van der Waals surface area contributed by atoms with Crippen molar-refractivity contribution in [3.05, 3.63) is 23.8 Å². The summed E-state index contributed by atoms with van der Waals surface area (Å²) in [6.07, 6.45) is 0. The number of benzene rings is 1. The molecule has 4 nitrogen and oxygen atoms in total. The maximum absolute atomic E-state index is 12.1. The van der Waals surface area contributed by atoms with Crippen molar-refractivity contribution in [2.45, 2.75) is 13.8 Å². The Morgan fingerprint density at radius 3 is 2.79 bits per heavy atom. The molecule has 1 fully saturated rings. The van der Waals surface area contributed by atoms with Crippen molar-refractivity contribution in [2.75, 3.05) is 36.5 Å². The number of rotatable bonds is 3. The Morgan fingerprint density at radius 1 is 1.42 bits per heavy atom. The molecule has 1 heterocycles. The van der Waals surface area contributed by atoms with E-state index in [1.807, 2.05) is 48.7 Å². The van der Waals surface area contributed by atoms with E-state index in [2.05, 4.69) is 5.32 Å². The van der Waals surface area contributed by atoms with Crippen LogP contribution >= 0.6 is 11.8 Å². The second-order valence-corrected chi connectivity index (χ2v) is 5.66. The smallest absolute Gasteiger partial charge is 0.321 e. The van der Waals surface area contributed by atoms with Crippen LogP contribution in [0.25, 0.3) is 0 Å². The molecule has 5 heteroatoms. The number of ether oxygens (including phenoxy) is 1. The lowest BCUT2D eigenvalue weighted by Crippen LogP contribution is -2.40. The molecule has 2 rings (SSSR count). The van der Waals surface area contributed by atoms with Crippen LogP contribution in [0.3, 0.4) is 0 Å². The van der Waals surface area contributed by atoms with E-state index in [0.717, 1.165) is 41.6 Å². The minimum Gasteiger partial charge on any atom is -0.494 e. The molecule has 1 aliphatic heterocycles. The van der Waals surface area contributed by atoms with E-state index in [4.69, 9.17) is 4.74 Å². The minimum atomic E-state index is -0.00689. The highest BCUT2D eigenvalue weighted by molar-refractivity contribution is 7.99. The summed E-state index contributed by atoms with van der Waals surface area (Å²) < 4.78 is 5.44. The average molecular weight is 280 g/mol. The average Bonchev–Trinajstić information content (AvgIpc) is 2.43. The Morgan fingerprint density at radius 2 is 2.16 bits per heavy atom. The summed E-state index contributed by atoms with van der Waals surface area (Å²) in [6, 6.07) is 5.73. The monoisotopic (exact) mass is 280 g/mol. The Bertz CT molecular complexity index is 445. The van der Waals surface area contributed by atoms with E-state index in [1.165, 1.54) is 0 Å². The summed E-state index contributed by atoms with van der Waals surface area (Å²) in [5.74, 6) is 2.89. The highest BCUT2D eigenvalue weighted by Gasteiger charge is 2.17. The molecule has 0 spiro atoms. The summed E-state index contributed by atoms with van der Waals surface area (Å²) in [7, 11) is 0. The van der Waals surface area contributed by atoms with Gasteiger partial charge in [0.1, 0.15) is 5.75 Å². The summed E-state index contributed by atoms with van der Waals surface area (Å²) >= 11 is 1.89. The Labute approximate surface area is 118 Å². The lowest BCUT2D eigenvalue weighted by molar-refractivity contribution is 0.217. The predicted octanol–water partition coefficient (Wildman–Crippen LogP) is 2.97. The lowest BCUT2D eigenvalue weighted by Gasteiger charge is -2.26. The van der Waals surface area contributed by atoms with Gasteiger partial charge in [-0.25, -0.2) is 4.79 Å². The zero-order valence-corrected chi connectivity index (χ0v) is 12.3. The van der Waals surface area contributed by atoms with E-state index in [-0.39, 0.29) is 6.03 Å². The number of nitrogens with one attached hydrogen (secondary N) is 1. The van der Waals surface area contributed by atoms with Gasteiger partial charge in [0, 0.05) is 30.3 Å². The van der Waals surface area contributed by atoms with Gasteiger partial charge >= 0.3 is 6.03 Å². The molecule has 0 aromatic heterocycles. The first-order valence-electron chi connectivity index (χ1n) is 6.58. The standard InChI is InChI=1S/C14H20N2O2S/c1-3-18-12-4-5-13(11(2)10-12)15-14(17)16-6-8-19-9-7-16/h4-5,10H,3,6-9H2,1-2H3,(H,15,17). The van der Waals surface area contributed by atoms with Gasteiger partial charge in [-0.1, -0.05) is 0 Å². The van der Waals surface area contributed by atoms with Crippen LogP contribution in [0.4, 0.5) is 10.5 Å². The van der Waals surface area contributed by atoms with Gasteiger partial charge in [-0.3, -0.25) is 0 Å². The Balaban J connectivity index is 2.00. The number of thioether (sulfide) groups is 1. The number of nitrogens with zero attached hydrogens (tertiary/aromatic N) is 1. The van der Waals surface area contributed by atoms with Gasteiger partial charge in [0.05, 0.1) is 6.61 Å². The maximum atomic E-state index is 12.1. The molecular formula is C14H20N2O2S. The summed E-state index contributed by atoms with van der Waals surface area (Å²) in [5.41, 5.74) is 1.87. The zero-order chi connectivity index (χ0) is 13.7. The quantitative estimate of drug-likeness (QED) is 0.925. The fourth-order valence-corrected chi connectivity index (χ4v) is 2.90. The first kappa shape index (κ1) is 14.1. The van der Waals surface area contributed by atoms with Crippen LogP contribution in [0, 0.1) is 6.92 Å². The zero-order valence-electron chi connectivity index (χ0n) is 11.4. The molecule has 0 atom stereocenters. The molecule has 1 saturated heterocycles. The van der Waals surface area contributed by atoms with Gasteiger partial charge in [0.15, 0.2) is 0 Å². The minimum absolute atomic E-state index is 0.00689. The van der Waals surface area contributed by atoms with Crippen molar-refractivity contribution in [1.29, 1.82) is 0 Å². The van der Waals surface area contributed by atoms with Crippen molar-refractivity contribution in [1.82, 2.24) is 4.90 Å². The molecular weight excluding hydrogens is 260 g/mol. The number of carbonyl (C=O) groups is 1. The molecule has 0 unspecified atom stereocenters. The van der Waals surface area contributed by atoms with Crippen LogP contribution in [0.1, 0.15) is 12.5 Å². The van der Waals surface area contributed by atoms with Gasteiger partial charge in [0.25, 0.3) is 0 Å². The number of amides is 2. The summed E-state index contributed by atoms with van der Waals surface area (Å²) in [5, 5.41) is 2.97. The number of hydrogen-bond donors (Lipinski definition) is 1. The molecule has 2 amide bonds. The maximum Gasteiger partial charge on any atom is 0.321 e. The van der Waals surface area contributed by atoms with Gasteiger partial charge in [-0.2, -0.15) is 11.8 Å². The van der Waals surface area contributed by atoms with Crippen LogP contribution in [0.2, 0.25) is 0 Å². The molecule has 19 heavy (non-hydrogen) atoms. The molecule has 0 saturated carbocycles. The van der Waals surface area contributed by atoms with E-state index >= 15 is 0 Å². The molecule has 1 N–H and O–H groups in total. The molecule has 0 aliphatic carbocycles. The number of anilines is 1. The number of aryl methyl sites for hydroxylation is 1. The van der Waals surface area contributed by atoms with Gasteiger partial charge in [-0.05, 0) is 37.6 Å². The fourth-order valence-electron chi connectivity index (χ4n) is 1.99. The van der Waals surface area contributed by atoms with E-state index in [0.29, 0.717) is 6.61 Å². The van der Waals surface area contributed by atoms with E-state index in [9.17, 15) is 4.79 Å². The third kappa shape index (κ3) is 3.80. The molecule has 104 valence electrons. The lowest BCUT2D eigenvalue weighted by atomic mass is 10.2. The largest absolute Gasteiger partial charge is 0.494 e. The predicted molar refractivity (Wildman–Crippen MR) is 80.3 cm³/mol. The van der Waals surface area contributed by atoms with Gasteiger partial charge in [0.2, 0.25) is 0 Å². The number of urea groups is 1. The van der Waals surface area contributed by atoms with Crippen molar-refractivity contribution in [2.24, 2.45) is 0 Å². The van der Waals surface area contributed by atoms with Crippen LogP contribution < -0.4 is 10.1 Å². The van der Waals surface area contributed by atoms with Crippen molar-refractivity contribution in [3.63, 3.8) is 0 Å². The second-order valence-electron chi connectivity index (χ2n) is 4.44. The number of carbonyl (C=O) groups excluding carboxylic acids is 1. The van der Waals surface area contributed by atoms with Crippen molar-refractivity contribution < 1.29 is 9.53 Å². The molecule has 1 aromatic carbocycles. The fraction of sp³-hybridized carbons (Fsp3) is 0.500. The van der Waals surface area contributed by atoms with Gasteiger partial charge in [-0.15, -0.1) is 0 Å². The number of hydrogen-bond acceptors (Lipinski definition) is 3. The SMILES string of the molecule is CCOc1ccc(NC(=O)N2CCSCC2)c(C)c1. The van der Waals surface area contributed by atoms with E-state index < -0.39 is 0 Å². The Hall–Kier alpha value is -1.36. The van der Waals surface area contributed by atoms with Gasteiger partial charge < -0.3 is 15.0 Å². The molecule has 1 aromatic rings. The molecule has 1 aliphatic rings. The first-order chi connectivity index (χ1) is 9.20. The highest BCUT2D eigenvalue weighted by atomic mass is 32.2. The van der Waals surface area contributed by atoms with Crippen LogP contribution in [-0.2, 0) is 0 Å². The highest BCUT2D eigenvalue weighted by Crippen LogP contribution is 2.22. The normalized spacial score (nSPS) is 15.2. The topological polar surface area (TPSA) is 41.6 Å². The third-order valence-corrected chi connectivity index (χ3v) is 3.99.